The van der Waals surface area contributed by atoms with E-state index < -0.39 is 0 Å². The van der Waals surface area contributed by atoms with Gasteiger partial charge in [-0.2, -0.15) is 0 Å². The minimum atomic E-state index is -0.0878. The summed E-state index contributed by atoms with van der Waals surface area (Å²) in [6.45, 7) is 2.52. The quantitative estimate of drug-likeness (QED) is 0.750. The lowest BCUT2D eigenvalue weighted by Crippen LogP contribution is -2.26. The Labute approximate surface area is 147 Å². The van der Waals surface area contributed by atoms with Crippen molar-refractivity contribution in [3.05, 3.63) is 83.9 Å². The van der Waals surface area contributed by atoms with Crippen molar-refractivity contribution >= 4 is 5.91 Å². The molecular weight excluding hydrogens is 314 g/mol. The van der Waals surface area contributed by atoms with E-state index in [2.05, 4.69) is 10.3 Å². The Bertz CT molecular complexity index is 809. The Morgan fingerprint density at radius 3 is 2.48 bits per heavy atom. The third kappa shape index (κ3) is 4.14. The molecular formula is C20H21N3O2. The van der Waals surface area contributed by atoms with Crippen LogP contribution in [0.4, 0.5) is 0 Å². The van der Waals surface area contributed by atoms with Gasteiger partial charge in [0.15, 0.2) is 0 Å². The van der Waals surface area contributed by atoms with Crippen LogP contribution < -0.4 is 5.32 Å². The lowest BCUT2D eigenvalue weighted by molar-refractivity contribution is 0.0940. The van der Waals surface area contributed by atoms with Crippen LogP contribution >= 0.6 is 0 Å². The van der Waals surface area contributed by atoms with Crippen molar-refractivity contribution in [2.24, 2.45) is 0 Å². The lowest BCUT2D eigenvalue weighted by atomic mass is 10.1. The molecule has 0 aliphatic carbocycles. The molecule has 1 unspecified atom stereocenters. The SMILES string of the molecule is COCc1ccc(C(=O)NC(C)c2ccc(-n3ccnc3)cc2)cc1. The van der Waals surface area contributed by atoms with Crippen molar-refractivity contribution in [3.8, 4) is 5.69 Å². The van der Waals surface area contributed by atoms with E-state index in [0.717, 1.165) is 16.8 Å². The van der Waals surface area contributed by atoms with Gasteiger partial charge in [0.2, 0.25) is 0 Å². The molecule has 3 rings (SSSR count). The number of ether oxygens (including phenoxy) is 1. The molecule has 0 spiro atoms. The molecule has 5 nitrogen and oxygen atoms in total. The third-order valence-corrected chi connectivity index (χ3v) is 4.07. The number of methoxy groups -OCH3 is 1. The molecule has 0 radical (unpaired) electrons. The summed E-state index contributed by atoms with van der Waals surface area (Å²) in [5.74, 6) is -0.0878. The van der Waals surface area contributed by atoms with E-state index in [1.165, 1.54) is 0 Å². The van der Waals surface area contributed by atoms with E-state index >= 15 is 0 Å². The highest BCUT2D eigenvalue weighted by Gasteiger charge is 2.11. The van der Waals surface area contributed by atoms with Gasteiger partial charge in [0.25, 0.3) is 5.91 Å². The molecule has 2 aromatic carbocycles. The van der Waals surface area contributed by atoms with Crippen LogP contribution in [0.15, 0.2) is 67.3 Å². The summed E-state index contributed by atoms with van der Waals surface area (Å²) in [5, 5.41) is 3.03. The number of nitrogens with one attached hydrogen (secondary N) is 1. The summed E-state index contributed by atoms with van der Waals surface area (Å²) < 4.78 is 7.02. The smallest absolute Gasteiger partial charge is 0.251 e. The molecule has 0 fully saturated rings. The van der Waals surface area contributed by atoms with Crippen molar-refractivity contribution < 1.29 is 9.53 Å². The summed E-state index contributed by atoms with van der Waals surface area (Å²) in [5.41, 5.74) is 3.77. The van der Waals surface area contributed by atoms with E-state index in [9.17, 15) is 4.79 Å². The first-order valence-electron chi connectivity index (χ1n) is 8.14. The van der Waals surface area contributed by atoms with Crippen molar-refractivity contribution in [2.45, 2.75) is 19.6 Å². The molecule has 1 atom stereocenters. The summed E-state index contributed by atoms with van der Waals surface area (Å²) in [6.07, 6.45) is 5.40. The van der Waals surface area contributed by atoms with E-state index in [1.54, 1.807) is 19.6 Å². The average molecular weight is 335 g/mol. The number of carbonyl (C=O) groups is 1. The number of aromatic nitrogens is 2. The van der Waals surface area contributed by atoms with E-state index in [4.69, 9.17) is 4.74 Å². The molecule has 1 N–H and O–H groups in total. The Morgan fingerprint density at radius 2 is 1.88 bits per heavy atom. The molecule has 0 aliphatic heterocycles. The van der Waals surface area contributed by atoms with Crippen LogP contribution in [-0.4, -0.2) is 22.6 Å². The van der Waals surface area contributed by atoms with Gasteiger partial charge in [0.1, 0.15) is 0 Å². The summed E-state index contributed by atoms with van der Waals surface area (Å²) in [4.78, 5) is 16.4. The first-order valence-corrected chi connectivity index (χ1v) is 8.14. The molecule has 1 amide bonds. The van der Waals surface area contributed by atoms with Crippen LogP contribution in [0.25, 0.3) is 5.69 Å². The van der Waals surface area contributed by atoms with Gasteiger partial charge >= 0.3 is 0 Å². The Balaban J connectivity index is 1.64. The van der Waals surface area contributed by atoms with Crippen molar-refractivity contribution in [1.29, 1.82) is 0 Å². The largest absolute Gasteiger partial charge is 0.380 e. The molecule has 1 aromatic heterocycles. The highest BCUT2D eigenvalue weighted by molar-refractivity contribution is 5.94. The topological polar surface area (TPSA) is 56.1 Å². The van der Waals surface area contributed by atoms with Crippen LogP contribution in [0.2, 0.25) is 0 Å². The minimum Gasteiger partial charge on any atom is -0.380 e. The van der Waals surface area contributed by atoms with Crippen LogP contribution in [0.5, 0.6) is 0 Å². The predicted molar refractivity (Wildman–Crippen MR) is 96.6 cm³/mol. The summed E-state index contributed by atoms with van der Waals surface area (Å²) in [7, 11) is 1.65. The van der Waals surface area contributed by atoms with E-state index in [-0.39, 0.29) is 11.9 Å². The van der Waals surface area contributed by atoms with Crippen LogP contribution in [0.1, 0.15) is 34.5 Å². The Kier molecular flexibility index (Phi) is 5.26. The standard InChI is InChI=1S/C20H21N3O2/c1-15(17-7-9-19(10-8-17)23-12-11-21-14-23)22-20(24)18-5-3-16(4-6-18)13-25-2/h3-12,14-15H,13H2,1-2H3,(H,22,24). The second kappa shape index (κ2) is 7.77. The highest BCUT2D eigenvalue weighted by atomic mass is 16.5. The van der Waals surface area contributed by atoms with Crippen molar-refractivity contribution in [1.82, 2.24) is 14.9 Å². The zero-order valence-electron chi connectivity index (χ0n) is 14.3. The van der Waals surface area contributed by atoms with Gasteiger partial charge in [0, 0.05) is 30.8 Å². The average Bonchev–Trinajstić information content (AvgIpc) is 3.17. The lowest BCUT2D eigenvalue weighted by Gasteiger charge is -2.15. The zero-order chi connectivity index (χ0) is 17.6. The Morgan fingerprint density at radius 1 is 1.16 bits per heavy atom. The highest BCUT2D eigenvalue weighted by Crippen LogP contribution is 2.16. The van der Waals surface area contributed by atoms with E-state index in [1.807, 2.05) is 66.2 Å². The van der Waals surface area contributed by atoms with E-state index in [0.29, 0.717) is 12.2 Å². The monoisotopic (exact) mass is 335 g/mol. The first kappa shape index (κ1) is 16.9. The maximum atomic E-state index is 12.4. The van der Waals surface area contributed by atoms with Gasteiger partial charge in [-0.1, -0.05) is 24.3 Å². The van der Waals surface area contributed by atoms with Gasteiger partial charge in [-0.15, -0.1) is 0 Å². The van der Waals surface area contributed by atoms with Gasteiger partial charge < -0.3 is 14.6 Å². The molecule has 25 heavy (non-hydrogen) atoms. The molecule has 5 heteroatoms. The van der Waals surface area contributed by atoms with Crippen molar-refractivity contribution in [2.75, 3.05) is 7.11 Å². The third-order valence-electron chi connectivity index (χ3n) is 4.07. The maximum Gasteiger partial charge on any atom is 0.251 e. The molecule has 0 saturated heterocycles. The number of hydrogen-bond donors (Lipinski definition) is 1. The van der Waals surface area contributed by atoms with Crippen molar-refractivity contribution in [3.63, 3.8) is 0 Å². The molecule has 0 saturated carbocycles. The molecule has 0 aliphatic rings. The first-order chi connectivity index (χ1) is 12.2. The minimum absolute atomic E-state index is 0.0806. The molecule has 3 aromatic rings. The summed E-state index contributed by atoms with van der Waals surface area (Å²) in [6, 6.07) is 15.4. The second-order valence-electron chi connectivity index (χ2n) is 5.89. The zero-order valence-corrected chi connectivity index (χ0v) is 14.3. The number of rotatable bonds is 6. The molecule has 0 bridgehead atoms. The van der Waals surface area contributed by atoms with Crippen LogP contribution in [0.3, 0.4) is 0 Å². The number of imidazole rings is 1. The number of hydrogen-bond acceptors (Lipinski definition) is 3. The molecule has 128 valence electrons. The number of amides is 1. The fourth-order valence-corrected chi connectivity index (χ4v) is 2.63. The number of benzene rings is 2. The van der Waals surface area contributed by atoms with Gasteiger partial charge in [0.05, 0.1) is 19.0 Å². The molecule has 1 heterocycles. The van der Waals surface area contributed by atoms with Gasteiger partial charge in [-0.25, -0.2) is 4.98 Å². The number of carbonyl (C=O) groups excluding carboxylic acids is 1. The van der Waals surface area contributed by atoms with Gasteiger partial charge in [-0.3, -0.25) is 4.79 Å². The second-order valence-corrected chi connectivity index (χ2v) is 5.89. The normalized spacial score (nSPS) is 11.9. The number of nitrogens with zero attached hydrogens (tertiary/aromatic N) is 2. The van der Waals surface area contributed by atoms with Crippen LogP contribution in [-0.2, 0) is 11.3 Å². The fraction of sp³-hybridized carbons (Fsp3) is 0.200. The fourth-order valence-electron chi connectivity index (χ4n) is 2.63. The predicted octanol–water partition coefficient (Wildman–Crippen LogP) is 3.51. The van der Waals surface area contributed by atoms with Crippen LogP contribution in [0, 0.1) is 0 Å². The summed E-state index contributed by atoms with van der Waals surface area (Å²) >= 11 is 0. The van der Waals surface area contributed by atoms with Gasteiger partial charge in [-0.05, 0) is 42.3 Å². The Hall–Kier alpha value is -2.92. The maximum absolute atomic E-state index is 12.4.